The first-order valence-corrected chi connectivity index (χ1v) is 16.0. The molecule has 0 fully saturated rings. The zero-order valence-corrected chi connectivity index (χ0v) is 25.5. The van der Waals surface area contributed by atoms with Gasteiger partial charge in [-0.2, -0.15) is 0 Å². The van der Waals surface area contributed by atoms with E-state index in [1.165, 1.54) is 59.7 Å². The van der Waals surface area contributed by atoms with E-state index in [1.807, 2.05) is 0 Å². The second-order valence-corrected chi connectivity index (χ2v) is 12.5. The van der Waals surface area contributed by atoms with Gasteiger partial charge in [-0.3, -0.25) is 14.3 Å². The van der Waals surface area contributed by atoms with Crippen LogP contribution in [0.2, 0.25) is 5.02 Å². The van der Waals surface area contributed by atoms with Crippen LogP contribution in [0, 0.1) is 5.82 Å². The van der Waals surface area contributed by atoms with Crippen LogP contribution < -0.4 is 14.8 Å². The van der Waals surface area contributed by atoms with Crippen LogP contribution in [0.5, 0.6) is 5.75 Å². The maximum atomic E-state index is 13.4. The first-order chi connectivity index (χ1) is 20.6. The van der Waals surface area contributed by atoms with E-state index in [-0.39, 0.29) is 35.4 Å². The van der Waals surface area contributed by atoms with Gasteiger partial charge in [-0.25, -0.2) is 12.8 Å². The van der Waals surface area contributed by atoms with Crippen molar-refractivity contribution in [2.24, 2.45) is 0 Å². The summed E-state index contributed by atoms with van der Waals surface area (Å²) in [5.41, 5.74) is 2.37. The van der Waals surface area contributed by atoms with Crippen LogP contribution in [0.4, 0.5) is 10.1 Å². The third kappa shape index (κ3) is 9.56. The molecule has 0 spiro atoms. The zero-order chi connectivity index (χ0) is 30.8. The molecule has 0 heterocycles. The number of hydrogen-bond acceptors (Lipinski definition) is 5. The predicted octanol–water partition coefficient (Wildman–Crippen LogP) is 6.08. The van der Waals surface area contributed by atoms with E-state index in [2.05, 4.69) is 16.1 Å². The predicted molar refractivity (Wildman–Crippen MR) is 165 cm³/mol. The standard InChI is InChI=1S/C32H35ClFN3O5S/c1-23(32(39)35-20-19-24-5-3-2-4-6-24)37(21-25-7-9-26(33)10-8-25)31(38)22-42-29-15-17-30(18-16-29)43(40,41)36-28-13-11-27(34)12-14-28/h5,7-18,23,36H,2-4,6,19-22H2,1H3,(H,35,39)/t23-/m1/s1. The van der Waals surface area contributed by atoms with Crippen LogP contribution in [-0.4, -0.2) is 44.3 Å². The minimum atomic E-state index is -3.92. The van der Waals surface area contributed by atoms with Gasteiger partial charge >= 0.3 is 0 Å². The van der Waals surface area contributed by atoms with Crippen LogP contribution in [0.1, 0.15) is 44.6 Å². The largest absolute Gasteiger partial charge is 0.484 e. The van der Waals surface area contributed by atoms with Crippen molar-refractivity contribution in [2.75, 3.05) is 17.9 Å². The highest BCUT2D eigenvalue weighted by molar-refractivity contribution is 7.92. The number of anilines is 1. The molecule has 1 aliphatic carbocycles. The van der Waals surface area contributed by atoms with Crippen LogP contribution in [0.15, 0.2) is 89.3 Å². The summed E-state index contributed by atoms with van der Waals surface area (Å²) in [6.07, 6.45) is 7.55. The fraction of sp³-hybridized carbons (Fsp3) is 0.312. The Hall–Kier alpha value is -3.89. The fourth-order valence-corrected chi connectivity index (χ4v) is 5.85. The number of hydrogen-bond donors (Lipinski definition) is 2. The number of benzene rings is 3. The lowest BCUT2D eigenvalue weighted by atomic mass is 9.97. The van der Waals surface area contributed by atoms with Gasteiger partial charge in [0.1, 0.15) is 17.6 Å². The molecule has 4 rings (SSSR count). The van der Waals surface area contributed by atoms with Gasteiger partial charge < -0.3 is 15.0 Å². The highest BCUT2D eigenvalue weighted by atomic mass is 35.5. The molecular weight excluding hydrogens is 593 g/mol. The number of sulfonamides is 1. The molecule has 0 unspecified atom stereocenters. The summed E-state index contributed by atoms with van der Waals surface area (Å²) in [6, 6.07) is 16.8. The lowest BCUT2D eigenvalue weighted by Gasteiger charge is -2.29. The number of carbonyl (C=O) groups excluding carboxylic acids is 2. The Morgan fingerprint density at radius 3 is 2.35 bits per heavy atom. The fourth-order valence-electron chi connectivity index (χ4n) is 4.67. The van der Waals surface area contributed by atoms with E-state index in [1.54, 1.807) is 31.2 Å². The Kier molecular flexibility index (Phi) is 11.2. The first kappa shape index (κ1) is 32.0. The maximum Gasteiger partial charge on any atom is 0.261 e. The third-order valence-electron chi connectivity index (χ3n) is 7.16. The Bertz CT molecular complexity index is 1530. The molecule has 0 saturated carbocycles. The molecule has 0 bridgehead atoms. The second kappa shape index (κ2) is 15.0. The summed E-state index contributed by atoms with van der Waals surface area (Å²) in [7, 11) is -3.92. The van der Waals surface area contributed by atoms with Crippen LogP contribution in [0.3, 0.4) is 0 Å². The molecule has 0 saturated heterocycles. The normalized spacial score (nSPS) is 13.9. The van der Waals surface area contributed by atoms with Crippen molar-refractivity contribution in [3.8, 4) is 5.75 Å². The van der Waals surface area contributed by atoms with E-state index >= 15 is 0 Å². The van der Waals surface area contributed by atoms with Crippen LogP contribution in [0.25, 0.3) is 0 Å². The van der Waals surface area contributed by atoms with Gasteiger partial charge in [-0.1, -0.05) is 35.4 Å². The van der Waals surface area contributed by atoms with Crippen LogP contribution in [-0.2, 0) is 26.2 Å². The molecular formula is C32H35ClFN3O5S. The molecule has 43 heavy (non-hydrogen) atoms. The monoisotopic (exact) mass is 627 g/mol. The van der Waals surface area contributed by atoms with Crippen molar-refractivity contribution in [1.82, 2.24) is 10.2 Å². The number of rotatable bonds is 13. The van der Waals surface area contributed by atoms with E-state index in [4.69, 9.17) is 16.3 Å². The van der Waals surface area contributed by atoms with Crippen molar-refractivity contribution < 1.29 is 27.1 Å². The van der Waals surface area contributed by atoms with Gasteiger partial charge in [0.05, 0.1) is 4.90 Å². The number of allylic oxidation sites excluding steroid dienone is 1. The summed E-state index contributed by atoms with van der Waals surface area (Å²) >= 11 is 6.02. The Morgan fingerprint density at radius 1 is 1.00 bits per heavy atom. The Morgan fingerprint density at radius 2 is 1.70 bits per heavy atom. The number of amides is 2. The summed E-state index contributed by atoms with van der Waals surface area (Å²) in [5, 5.41) is 3.52. The van der Waals surface area contributed by atoms with Gasteiger partial charge in [0.15, 0.2) is 6.61 Å². The molecule has 0 aliphatic heterocycles. The number of ether oxygens (including phenoxy) is 1. The summed E-state index contributed by atoms with van der Waals surface area (Å²) < 4.78 is 46.6. The van der Waals surface area contributed by atoms with E-state index < -0.39 is 27.8 Å². The summed E-state index contributed by atoms with van der Waals surface area (Å²) in [4.78, 5) is 27.8. The highest BCUT2D eigenvalue weighted by Gasteiger charge is 2.26. The molecule has 1 aliphatic rings. The van der Waals surface area contributed by atoms with Crippen molar-refractivity contribution in [3.63, 3.8) is 0 Å². The van der Waals surface area contributed by atoms with Gasteiger partial charge in [0, 0.05) is 23.8 Å². The zero-order valence-electron chi connectivity index (χ0n) is 23.9. The third-order valence-corrected chi connectivity index (χ3v) is 8.81. The van der Waals surface area contributed by atoms with E-state index in [9.17, 15) is 22.4 Å². The summed E-state index contributed by atoms with van der Waals surface area (Å²) in [5.74, 6) is -0.879. The van der Waals surface area contributed by atoms with Gasteiger partial charge in [0.25, 0.3) is 15.9 Å². The molecule has 11 heteroatoms. The number of halogens is 2. The van der Waals surface area contributed by atoms with Crippen molar-refractivity contribution in [2.45, 2.75) is 56.5 Å². The average molecular weight is 628 g/mol. The van der Waals surface area contributed by atoms with Crippen molar-refractivity contribution in [3.05, 3.63) is 101 Å². The number of nitrogens with one attached hydrogen (secondary N) is 2. The van der Waals surface area contributed by atoms with Gasteiger partial charge in [-0.15, -0.1) is 0 Å². The number of nitrogens with zero attached hydrogens (tertiary/aromatic N) is 1. The molecule has 3 aromatic carbocycles. The minimum absolute atomic E-state index is 0.0332. The smallest absolute Gasteiger partial charge is 0.261 e. The number of carbonyl (C=O) groups is 2. The Labute approximate surface area is 256 Å². The topological polar surface area (TPSA) is 105 Å². The first-order valence-electron chi connectivity index (χ1n) is 14.1. The molecule has 0 aromatic heterocycles. The Balaban J connectivity index is 1.38. The van der Waals surface area contributed by atoms with Crippen LogP contribution >= 0.6 is 11.6 Å². The van der Waals surface area contributed by atoms with Gasteiger partial charge in [-0.05, 0) is 105 Å². The molecule has 3 aromatic rings. The molecule has 2 amide bonds. The second-order valence-electron chi connectivity index (χ2n) is 10.3. The van der Waals surface area contributed by atoms with E-state index in [0.29, 0.717) is 11.6 Å². The van der Waals surface area contributed by atoms with E-state index in [0.717, 1.165) is 37.0 Å². The van der Waals surface area contributed by atoms with Crippen molar-refractivity contribution in [1.29, 1.82) is 0 Å². The van der Waals surface area contributed by atoms with Crippen molar-refractivity contribution >= 4 is 39.1 Å². The maximum absolute atomic E-state index is 13.4. The minimum Gasteiger partial charge on any atom is -0.484 e. The highest BCUT2D eigenvalue weighted by Crippen LogP contribution is 2.21. The molecule has 228 valence electrons. The quantitative estimate of drug-likeness (QED) is 0.223. The molecule has 2 N–H and O–H groups in total. The molecule has 0 radical (unpaired) electrons. The lowest BCUT2D eigenvalue weighted by Crippen LogP contribution is -2.49. The lowest BCUT2D eigenvalue weighted by molar-refractivity contribution is -0.142. The molecule has 8 nitrogen and oxygen atoms in total. The van der Waals surface area contributed by atoms with Gasteiger partial charge in [0.2, 0.25) is 5.91 Å². The average Bonchev–Trinajstić information content (AvgIpc) is 3.01. The summed E-state index contributed by atoms with van der Waals surface area (Å²) in [6.45, 7) is 1.99. The molecule has 1 atom stereocenters. The SMILES string of the molecule is C[C@H](C(=O)NCCC1=CCCCC1)N(Cc1ccc(Cl)cc1)C(=O)COc1ccc(S(=O)(=O)Nc2ccc(F)cc2)cc1.